The monoisotopic (exact) mass is 468 g/mol. The van der Waals surface area contributed by atoms with Crippen LogP contribution in [-0.2, 0) is 15.9 Å². The largest absolute Gasteiger partial charge is 0.457 e. The van der Waals surface area contributed by atoms with E-state index in [0.29, 0.717) is 29.5 Å². The number of aromatic nitrogens is 1. The zero-order valence-electron chi connectivity index (χ0n) is 19.6. The van der Waals surface area contributed by atoms with E-state index in [2.05, 4.69) is 4.98 Å². The van der Waals surface area contributed by atoms with Crippen LogP contribution in [-0.4, -0.2) is 40.0 Å². The molecule has 1 aromatic heterocycles. The average molecular weight is 469 g/mol. The highest BCUT2D eigenvalue weighted by atomic mass is 35.5. The van der Waals surface area contributed by atoms with Crippen LogP contribution in [0.1, 0.15) is 40.2 Å². The lowest BCUT2D eigenvalue weighted by atomic mass is 10.0. The molecule has 1 amide bonds. The van der Waals surface area contributed by atoms with E-state index in [1.54, 1.807) is 11.1 Å². The van der Waals surface area contributed by atoms with E-state index in [1.807, 2.05) is 83.1 Å². The second kappa shape index (κ2) is 8.84. The maximum Gasteiger partial charge on any atom is 0.412 e. The highest BCUT2D eigenvalue weighted by Crippen LogP contribution is 2.33. The van der Waals surface area contributed by atoms with Crippen molar-refractivity contribution in [1.29, 1.82) is 0 Å². The summed E-state index contributed by atoms with van der Waals surface area (Å²) in [7, 11) is 0. The van der Waals surface area contributed by atoms with Crippen molar-refractivity contribution in [3.8, 4) is 11.5 Å². The van der Waals surface area contributed by atoms with Crippen molar-refractivity contribution < 1.29 is 19.0 Å². The van der Waals surface area contributed by atoms with Crippen LogP contribution < -0.4 is 4.74 Å². The summed E-state index contributed by atoms with van der Waals surface area (Å²) >= 11 is 6.08. The van der Waals surface area contributed by atoms with Crippen LogP contribution in [0.25, 0.3) is 10.9 Å². The van der Waals surface area contributed by atoms with E-state index < -0.39 is 11.3 Å². The molecular formula is C26H29ClN2O4. The van der Waals surface area contributed by atoms with Crippen molar-refractivity contribution in [2.45, 2.75) is 58.4 Å². The van der Waals surface area contributed by atoms with Crippen LogP contribution in [0.15, 0.2) is 54.7 Å². The number of carbonyl (C=O) groups excluding carboxylic acids is 1. The molecule has 2 heterocycles. The fourth-order valence-electron chi connectivity index (χ4n) is 3.99. The van der Waals surface area contributed by atoms with Gasteiger partial charge in [-0.25, -0.2) is 4.79 Å². The Labute approximate surface area is 199 Å². The molecule has 0 bridgehead atoms. The molecule has 1 unspecified atom stereocenters. The Hall–Kier alpha value is -2.83. The van der Waals surface area contributed by atoms with Gasteiger partial charge in [-0.15, -0.1) is 0 Å². The zero-order valence-corrected chi connectivity index (χ0v) is 20.3. The Morgan fingerprint density at radius 2 is 1.91 bits per heavy atom. The smallest absolute Gasteiger partial charge is 0.412 e. The molecule has 2 aromatic carbocycles. The molecule has 1 fully saturated rings. The van der Waals surface area contributed by atoms with Gasteiger partial charge in [0, 0.05) is 16.6 Å². The first kappa shape index (κ1) is 23.3. The number of hydrogen-bond donors (Lipinski definition) is 0. The van der Waals surface area contributed by atoms with Crippen LogP contribution in [0.5, 0.6) is 11.5 Å². The number of nitrogens with zero attached hydrogens (tertiary/aromatic N) is 2. The molecule has 1 aliphatic heterocycles. The van der Waals surface area contributed by atoms with Gasteiger partial charge < -0.3 is 14.2 Å². The highest BCUT2D eigenvalue weighted by Gasteiger charge is 2.45. The van der Waals surface area contributed by atoms with E-state index >= 15 is 0 Å². The fraction of sp³-hybridized carbons (Fsp3) is 0.385. The zero-order chi connectivity index (χ0) is 23.8. The molecule has 0 radical (unpaired) electrons. The molecule has 0 saturated carbocycles. The highest BCUT2D eigenvalue weighted by molar-refractivity contribution is 6.31. The van der Waals surface area contributed by atoms with Crippen LogP contribution >= 0.6 is 11.6 Å². The number of ether oxygens (including phenoxy) is 3. The van der Waals surface area contributed by atoms with Crippen molar-refractivity contribution >= 4 is 28.6 Å². The maximum atomic E-state index is 12.9. The van der Waals surface area contributed by atoms with Crippen molar-refractivity contribution in [2.75, 3.05) is 6.61 Å². The summed E-state index contributed by atoms with van der Waals surface area (Å²) < 4.78 is 17.6. The minimum atomic E-state index is -0.721. The summed E-state index contributed by atoms with van der Waals surface area (Å²) in [5, 5.41) is 1.53. The molecule has 0 N–H and O–H groups in total. The number of carbonyl (C=O) groups is 1. The van der Waals surface area contributed by atoms with Crippen molar-refractivity contribution in [3.63, 3.8) is 0 Å². The second-order valence-electron chi connectivity index (χ2n) is 9.68. The summed E-state index contributed by atoms with van der Waals surface area (Å²) in [4.78, 5) is 18.9. The molecule has 33 heavy (non-hydrogen) atoms. The molecular weight excluding hydrogens is 440 g/mol. The first-order valence-corrected chi connectivity index (χ1v) is 11.4. The number of pyridine rings is 1. The van der Waals surface area contributed by atoms with Gasteiger partial charge in [0.25, 0.3) is 0 Å². The van der Waals surface area contributed by atoms with Crippen LogP contribution in [0.3, 0.4) is 0 Å². The minimum absolute atomic E-state index is 0.115. The van der Waals surface area contributed by atoms with Gasteiger partial charge in [0.2, 0.25) is 0 Å². The summed E-state index contributed by atoms with van der Waals surface area (Å²) in [5.41, 5.74) is 0.569. The number of hydrogen-bond acceptors (Lipinski definition) is 5. The van der Waals surface area contributed by atoms with Crippen LogP contribution in [0, 0.1) is 0 Å². The molecule has 0 spiro atoms. The summed E-state index contributed by atoms with van der Waals surface area (Å²) in [6, 6.07) is 15.1. The molecule has 0 aliphatic carbocycles. The summed E-state index contributed by atoms with van der Waals surface area (Å²) in [6.45, 7) is 9.83. The second-order valence-corrected chi connectivity index (χ2v) is 10.1. The molecule has 3 aromatic rings. The molecule has 7 heteroatoms. The van der Waals surface area contributed by atoms with Crippen molar-refractivity contribution in [1.82, 2.24) is 9.88 Å². The lowest BCUT2D eigenvalue weighted by Gasteiger charge is -2.35. The number of benzene rings is 2. The summed E-state index contributed by atoms with van der Waals surface area (Å²) in [6.07, 6.45) is 1.99. The molecule has 174 valence electrons. The van der Waals surface area contributed by atoms with E-state index in [4.69, 9.17) is 25.8 Å². The first-order chi connectivity index (χ1) is 15.5. The topological polar surface area (TPSA) is 60.9 Å². The Bertz CT molecular complexity index is 1160. The first-order valence-electron chi connectivity index (χ1n) is 11.0. The number of fused-ring (bicyclic) bond motifs is 1. The molecule has 1 atom stereocenters. The predicted octanol–water partition coefficient (Wildman–Crippen LogP) is 6.60. The molecule has 1 saturated heterocycles. The third-order valence-electron chi connectivity index (χ3n) is 5.45. The van der Waals surface area contributed by atoms with Gasteiger partial charge in [-0.05, 0) is 83.0 Å². The maximum absolute atomic E-state index is 12.9. The fourth-order valence-corrected chi connectivity index (χ4v) is 4.16. The van der Waals surface area contributed by atoms with E-state index in [9.17, 15) is 4.79 Å². The Morgan fingerprint density at radius 3 is 2.61 bits per heavy atom. The third kappa shape index (κ3) is 5.40. The Kier molecular flexibility index (Phi) is 6.25. The predicted molar refractivity (Wildman–Crippen MR) is 129 cm³/mol. The normalized spacial score (nSPS) is 17.9. The molecule has 4 rings (SSSR count). The third-order valence-corrected chi connectivity index (χ3v) is 5.69. The minimum Gasteiger partial charge on any atom is -0.457 e. The average Bonchev–Trinajstić information content (AvgIpc) is 3.02. The number of halogens is 1. The SMILES string of the molecule is CC(C)(C)OC(=O)N1C(Cc2ccc(Oc3ccnc4cc(Cl)ccc34)cc2)COC1(C)C. The van der Waals surface area contributed by atoms with Gasteiger partial charge in [-0.3, -0.25) is 9.88 Å². The van der Waals surface area contributed by atoms with Gasteiger partial charge >= 0.3 is 6.09 Å². The van der Waals surface area contributed by atoms with Crippen LogP contribution in [0.4, 0.5) is 4.79 Å². The van der Waals surface area contributed by atoms with E-state index in [-0.39, 0.29) is 12.1 Å². The van der Waals surface area contributed by atoms with E-state index in [1.165, 1.54) is 0 Å². The Morgan fingerprint density at radius 1 is 1.18 bits per heavy atom. The van der Waals surface area contributed by atoms with Gasteiger partial charge in [0.1, 0.15) is 22.8 Å². The number of amides is 1. The standard InChI is InChI=1S/C26H29ClN2O4/c1-25(2,3)33-24(30)29-19(16-31-26(29,4)5)14-17-6-9-20(10-7-17)32-23-12-13-28-22-15-18(27)8-11-21(22)23/h6-13,15,19H,14,16H2,1-5H3. The molecule has 6 nitrogen and oxygen atoms in total. The lowest BCUT2D eigenvalue weighted by Crippen LogP contribution is -2.50. The van der Waals surface area contributed by atoms with Gasteiger partial charge in [-0.1, -0.05) is 23.7 Å². The van der Waals surface area contributed by atoms with Gasteiger partial charge in [0.15, 0.2) is 0 Å². The number of rotatable bonds is 4. The van der Waals surface area contributed by atoms with E-state index in [0.717, 1.165) is 16.5 Å². The Balaban J connectivity index is 1.48. The van der Waals surface area contributed by atoms with Crippen molar-refractivity contribution in [2.24, 2.45) is 0 Å². The lowest BCUT2D eigenvalue weighted by molar-refractivity contribution is -0.0624. The summed E-state index contributed by atoms with van der Waals surface area (Å²) in [5.74, 6) is 1.43. The van der Waals surface area contributed by atoms with Crippen molar-refractivity contribution in [3.05, 3.63) is 65.3 Å². The molecule has 1 aliphatic rings. The quantitative estimate of drug-likeness (QED) is 0.432. The van der Waals surface area contributed by atoms with Crippen LogP contribution in [0.2, 0.25) is 5.02 Å². The van der Waals surface area contributed by atoms with Gasteiger partial charge in [-0.2, -0.15) is 0 Å². The van der Waals surface area contributed by atoms with Gasteiger partial charge in [0.05, 0.1) is 18.2 Å².